The summed E-state index contributed by atoms with van der Waals surface area (Å²) in [5.74, 6) is 2.05. The summed E-state index contributed by atoms with van der Waals surface area (Å²) in [7, 11) is 0. The molecular formula is C12H17N. The number of fused-ring (bicyclic) bond motifs is 1. The molecule has 2 rings (SSSR count). The summed E-state index contributed by atoms with van der Waals surface area (Å²) in [5.41, 5.74) is 1.29. The average molecular weight is 175 g/mol. The van der Waals surface area contributed by atoms with Crippen LogP contribution in [0.3, 0.4) is 0 Å². The number of allylic oxidation sites excluding steroid dienone is 2. The van der Waals surface area contributed by atoms with Crippen molar-refractivity contribution in [3.63, 3.8) is 0 Å². The lowest BCUT2D eigenvalue weighted by molar-refractivity contribution is 0.333. The number of hydrogen-bond donors (Lipinski definition) is 0. The molecule has 2 atom stereocenters. The molecule has 2 fully saturated rings. The molecule has 2 unspecified atom stereocenters. The van der Waals surface area contributed by atoms with Gasteiger partial charge in [0.25, 0.3) is 0 Å². The number of hydrogen-bond acceptors (Lipinski definition) is 1. The van der Waals surface area contributed by atoms with Crippen LogP contribution in [0.2, 0.25) is 0 Å². The van der Waals surface area contributed by atoms with Crippen molar-refractivity contribution in [2.24, 2.45) is 11.8 Å². The standard InChI is InChI=1S/C12H17N/c1-3-5-10(4-2)7-13-8-11-6-12(11)9-13/h3-5,11-12H,1-2,6-9H2/b10-5+. The Morgan fingerprint density at radius 3 is 2.54 bits per heavy atom. The van der Waals surface area contributed by atoms with Crippen molar-refractivity contribution in [1.82, 2.24) is 4.90 Å². The molecule has 0 spiro atoms. The maximum absolute atomic E-state index is 3.81. The summed E-state index contributed by atoms with van der Waals surface area (Å²) in [6.07, 6.45) is 7.31. The summed E-state index contributed by atoms with van der Waals surface area (Å²) in [4.78, 5) is 2.52. The summed E-state index contributed by atoms with van der Waals surface area (Å²) >= 11 is 0. The maximum Gasteiger partial charge on any atom is 0.0233 e. The van der Waals surface area contributed by atoms with Gasteiger partial charge >= 0.3 is 0 Å². The lowest BCUT2D eigenvalue weighted by atomic mass is 10.2. The van der Waals surface area contributed by atoms with E-state index in [4.69, 9.17) is 0 Å². The van der Waals surface area contributed by atoms with Crippen LogP contribution in [0.25, 0.3) is 0 Å². The Labute approximate surface area is 80.4 Å². The van der Waals surface area contributed by atoms with Crippen LogP contribution in [-0.4, -0.2) is 24.5 Å². The quantitative estimate of drug-likeness (QED) is 0.592. The monoisotopic (exact) mass is 175 g/mol. The topological polar surface area (TPSA) is 3.24 Å². The maximum atomic E-state index is 3.81. The first-order valence-electron chi connectivity index (χ1n) is 5.00. The predicted molar refractivity (Wildman–Crippen MR) is 56.5 cm³/mol. The van der Waals surface area contributed by atoms with Gasteiger partial charge in [-0.2, -0.15) is 0 Å². The van der Waals surface area contributed by atoms with Gasteiger partial charge in [0.05, 0.1) is 0 Å². The molecule has 1 heteroatoms. The van der Waals surface area contributed by atoms with E-state index in [2.05, 4.69) is 24.1 Å². The minimum Gasteiger partial charge on any atom is -0.299 e. The molecule has 13 heavy (non-hydrogen) atoms. The molecule has 0 amide bonds. The van der Waals surface area contributed by atoms with Gasteiger partial charge in [0.2, 0.25) is 0 Å². The fraction of sp³-hybridized carbons (Fsp3) is 0.500. The molecule has 1 aliphatic carbocycles. The Bertz CT molecular complexity index is 242. The normalized spacial score (nSPS) is 32.8. The van der Waals surface area contributed by atoms with Gasteiger partial charge in [-0.15, -0.1) is 0 Å². The van der Waals surface area contributed by atoms with E-state index in [1.807, 2.05) is 12.2 Å². The summed E-state index contributed by atoms with van der Waals surface area (Å²) in [5, 5.41) is 0. The lowest BCUT2D eigenvalue weighted by Gasteiger charge is -2.17. The van der Waals surface area contributed by atoms with E-state index in [-0.39, 0.29) is 0 Å². The minimum atomic E-state index is 1.02. The molecule has 0 radical (unpaired) electrons. The van der Waals surface area contributed by atoms with Crippen LogP contribution in [0.5, 0.6) is 0 Å². The van der Waals surface area contributed by atoms with E-state index in [0.717, 1.165) is 18.4 Å². The number of nitrogens with zero attached hydrogens (tertiary/aromatic N) is 1. The first kappa shape index (κ1) is 8.76. The SMILES string of the molecule is C=C/C=C(\C=C)CN1CC2CC2C1. The highest BCUT2D eigenvalue weighted by Crippen LogP contribution is 2.44. The van der Waals surface area contributed by atoms with Crippen LogP contribution in [0.15, 0.2) is 37.0 Å². The second kappa shape index (κ2) is 3.51. The van der Waals surface area contributed by atoms with Crippen LogP contribution in [0.4, 0.5) is 0 Å². The van der Waals surface area contributed by atoms with Crippen LogP contribution in [0, 0.1) is 11.8 Å². The van der Waals surface area contributed by atoms with Gasteiger partial charge in [-0.25, -0.2) is 0 Å². The third-order valence-electron chi connectivity index (χ3n) is 3.05. The molecule has 1 aliphatic heterocycles. The largest absolute Gasteiger partial charge is 0.299 e. The van der Waals surface area contributed by atoms with Crippen LogP contribution >= 0.6 is 0 Å². The third-order valence-corrected chi connectivity index (χ3v) is 3.05. The number of likely N-dealkylation sites (tertiary alicyclic amines) is 1. The molecule has 1 nitrogen and oxygen atoms in total. The second-order valence-corrected chi connectivity index (χ2v) is 4.13. The van der Waals surface area contributed by atoms with Crippen molar-refractivity contribution in [3.05, 3.63) is 37.0 Å². The van der Waals surface area contributed by atoms with Gasteiger partial charge in [-0.1, -0.05) is 31.4 Å². The predicted octanol–water partition coefficient (Wildman–Crippen LogP) is 2.24. The first-order chi connectivity index (χ1) is 6.33. The molecule has 2 aliphatic rings. The Kier molecular flexibility index (Phi) is 2.36. The summed E-state index contributed by atoms with van der Waals surface area (Å²) < 4.78 is 0. The van der Waals surface area contributed by atoms with Gasteiger partial charge in [-0.05, 0) is 23.8 Å². The summed E-state index contributed by atoms with van der Waals surface area (Å²) in [6.45, 7) is 11.2. The molecule has 0 aromatic carbocycles. The van der Waals surface area contributed by atoms with Crippen LogP contribution in [0.1, 0.15) is 6.42 Å². The van der Waals surface area contributed by atoms with Crippen molar-refractivity contribution >= 4 is 0 Å². The van der Waals surface area contributed by atoms with E-state index in [1.165, 1.54) is 25.1 Å². The first-order valence-corrected chi connectivity index (χ1v) is 5.00. The van der Waals surface area contributed by atoms with Gasteiger partial charge in [0.1, 0.15) is 0 Å². The van der Waals surface area contributed by atoms with E-state index in [9.17, 15) is 0 Å². The molecule has 0 aromatic rings. The highest BCUT2D eigenvalue weighted by molar-refractivity contribution is 5.23. The molecular weight excluding hydrogens is 158 g/mol. The average Bonchev–Trinajstić information content (AvgIpc) is 2.74. The fourth-order valence-corrected chi connectivity index (χ4v) is 2.22. The van der Waals surface area contributed by atoms with Crippen molar-refractivity contribution in [2.45, 2.75) is 6.42 Å². The molecule has 1 saturated heterocycles. The van der Waals surface area contributed by atoms with E-state index >= 15 is 0 Å². The highest BCUT2D eigenvalue weighted by Gasteiger charge is 2.44. The number of piperidine rings is 1. The molecule has 0 aromatic heterocycles. The molecule has 0 bridgehead atoms. The van der Waals surface area contributed by atoms with Crippen molar-refractivity contribution in [3.8, 4) is 0 Å². The Balaban J connectivity index is 1.85. The van der Waals surface area contributed by atoms with Gasteiger partial charge in [-0.3, -0.25) is 4.90 Å². The van der Waals surface area contributed by atoms with Crippen molar-refractivity contribution in [1.29, 1.82) is 0 Å². The van der Waals surface area contributed by atoms with Crippen molar-refractivity contribution in [2.75, 3.05) is 19.6 Å². The Hall–Kier alpha value is -0.820. The third kappa shape index (κ3) is 1.92. The van der Waals surface area contributed by atoms with Gasteiger partial charge in [0, 0.05) is 19.6 Å². The number of rotatable bonds is 4. The van der Waals surface area contributed by atoms with Gasteiger partial charge < -0.3 is 0 Å². The molecule has 0 N–H and O–H groups in total. The van der Waals surface area contributed by atoms with Crippen molar-refractivity contribution < 1.29 is 0 Å². The lowest BCUT2D eigenvalue weighted by Crippen LogP contribution is -2.24. The zero-order valence-electron chi connectivity index (χ0n) is 8.08. The van der Waals surface area contributed by atoms with Crippen LogP contribution in [-0.2, 0) is 0 Å². The van der Waals surface area contributed by atoms with Crippen LogP contribution < -0.4 is 0 Å². The Morgan fingerprint density at radius 1 is 1.31 bits per heavy atom. The molecule has 1 saturated carbocycles. The Morgan fingerprint density at radius 2 is 2.00 bits per heavy atom. The van der Waals surface area contributed by atoms with E-state index in [0.29, 0.717) is 0 Å². The zero-order valence-corrected chi connectivity index (χ0v) is 8.08. The highest BCUT2D eigenvalue weighted by atomic mass is 15.2. The molecule has 1 heterocycles. The minimum absolute atomic E-state index is 1.02. The smallest absolute Gasteiger partial charge is 0.0233 e. The van der Waals surface area contributed by atoms with Gasteiger partial charge in [0.15, 0.2) is 0 Å². The second-order valence-electron chi connectivity index (χ2n) is 4.13. The summed E-state index contributed by atoms with van der Waals surface area (Å²) in [6, 6.07) is 0. The van der Waals surface area contributed by atoms with E-state index in [1.54, 1.807) is 0 Å². The zero-order chi connectivity index (χ0) is 9.26. The fourth-order valence-electron chi connectivity index (χ4n) is 2.22. The van der Waals surface area contributed by atoms with E-state index < -0.39 is 0 Å². The molecule has 70 valence electrons.